The topological polar surface area (TPSA) is 98.8 Å². The Morgan fingerprint density at radius 2 is 1.51 bits per heavy atom. The van der Waals surface area contributed by atoms with Crippen molar-refractivity contribution in [2.45, 2.75) is 39.4 Å². The third kappa shape index (κ3) is 6.30. The number of ketones is 1. The monoisotopic (exact) mass is 598 g/mol. The van der Waals surface area contributed by atoms with Crippen molar-refractivity contribution in [3.8, 4) is 0 Å². The number of fused-ring (bicyclic) bond motifs is 2. The number of anilines is 2. The lowest BCUT2D eigenvalue weighted by molar-refractivity contribution is -0.128. The molecule has 9 heteroatoms. The number of aryl methyl sites for hydroxylation is 1. The van der Waals surface area contributed by atoms with Crippen molar-refractivity contribution < 1.29 is 19.2 Å². The molecule has 0 unspecified atom stereocenters. The zero-order chi connectivity index (χ0) is 30.0. The Balaban J connectivity index is 0.00000423. The van der Waals surface area contributed by atoms with Crippen LogP contribution < -0.4 is 20.4 Å². The first-order valence-corrected chi connectivity index (χ1v) is 14.0. The maximum Gasteiger partial charge on any atom is 0.258 e. The van der Waals surface area contributed by atoms with E-state index in [9.17, 15) is 19.2 Å². The fourth-order valence-electron chi connectivity index (χ4n) is 5.29. The van der Waals surface area contributed by atoms with E-state index in [4.69, 9.17) is 0 Å². The van der Waals surface area contributed by atoms with Gasteiger partial charge in [-0.15, -0.1) is 12.4 Å². The molecule has 1 heterocycles. The second-order valence-corrected chi connectivity index (χ2v) is 10.6. The van der Waals surface area contributed by atoms with Crippen LogP contribution in [0.5, 0.6) is 0 Å². The lowest BCUT2D eigenvalue weighted by Gasteiger charge is -2.27. The highest BCUT2D eigenvalue weighted by molar-refractivity contribution is 6.13. The summed E-state index contributed by atoms with van der Waals surface area (Å²) < 4.78 is 0. The first-order chi connectivity index (χ1) is 20.2. The average Bonchev–Trinajstić information content (AvgIpc) is 3.12. The number of carbonyl (C=O) groups is 4. The summed E-state index contributed by atoms with van der Waals surface area (Å²) >= 11 is 0. The van der Waals surface area contributed by atoms with Crippen molar-refractivity contribution in [2.24, 2.45) is 0 Å². The molecule has 0 fully saturated rings. The van der Waals surface area contributed by atoms with Gasteiger partial charge in [0.2, 0.25) is 5.91 Å². The van der Waals surface area contributed by atoms with Crippen molar-refractivity contribution in [1.82, 2.24) is 10.6 Å². The highest BCUT2D eigenvalue weighted by Gasteiger charge is 2.38. The van der Waals surface area contributed by atoms with Gasteiger partial charge in [0, 0.05) is 11.1 Å². The summed E-state index contributed by atoms with van der Waals surface area (Å²) in [5.74, 6) is -1.09. The molecule has 0 bridgehead atoms. The Labute approximate surface area is 257 Å². The van der Waals surface area contributed by atoms with Gasteiger partial charge in [-0.2, -0.15) is 0 Å². The van der Waals surface area contributed by atoms with Gasteiger partial charge in [0.1, 0.15) is 6.04 Å². The summed E-state index contributed by atoms with van der Waals surface area (Å²) in [4.78, 5) is 56.4. The van der Waals surface area contributed by atoms with Gasteiger partial charge < -0.3 is 20.4 Å². The molecule has 222 valence electrons. The smallest absolute Gasteiger partial charge is 0.258 e. The van der Waals surface area contributed by atoms with E-state index in [2.05, 4.69) is 16.7 Å². The number of benzene rings is 4. The summed E-state index contributed by atoms with van der Waals surface area (Å²) in [6.07, 6.45) is 0. The van der Waals surface area contributed by atoms with Gasteiger partial charge in [-0.05, 0) is 74.0 Å². The minimum Gasteiger partial charge on any atom is -0.341 e. The molecule has 0 radical (unpaired) electrons. The van der Waals surface area contributed by atoms with Gasteiger partial charge >= 0.3 is 0 Å². The second-order valence-electron chi connectivity index (χ2n) is 10.6. The standard InChI is InChI=1S/C34H34N4O4.ClH/c1-21-13-14-25-9-5-6-10-27(25)28(21)19-37-30-11-7-8-12-31(30)38(20-29(34(37)42)36-32(40)22(2)35-4)33(41)26-17-15-24(16-18-26)23(3)39;/h5-18,22,29,35H,19-20H2,1-4H3,(H,36,40);1H/t22-,29+;/m1./s1. The van der Waals surface area contributed by atoms with Gasteiger partial charge in [0.25, 0.3) is 11.8 Å². The maximum absolute atomic E-state index is 14.3. The van der Waals surface area contributed by atoms with E-state index < -0.39 is 12.1 Å². The van der Waals surface area contributed by atoms with E-state index in [1.807, 2.05) is 61.5 Å². The third-order valence-electron chi connectivity index (χ3n) is 7.91. The van der Waals surface area contributed by atoms with Crippen LogP contribution in [0.1, 0.15) is 45.7 Å². The molecule has 0 spiro atoms. The van der Waals surface area contributed by atoms with Crippen LogP contribution in [-0.2, 0) is 16.1 Å². The molecule has 1 aliphatic rings. The van der Waals surface area contributed by atoms with Crippen LogP contribution in [0.2, 0.25) is 0 Å². The number of halogens is 1. The predicted octanol–water partition coefficient (Wildman–Crippen LogP) is 5.06. The normalized spacial score (nSPS) is 15.3. The lowest BCUT2D eigenvalue weighted by atomic mass is 9.99. The van der Waals surface area contributed by atoms with Gasteiger partial charge in [-0.25, -0.2) is 0 Å². The van der Waals surface area contributed by atoms with E-state index in [0.29, 0.717) is 22.5 Å². The number of hydrogen-bond donors (Lipinski definition) is 2. The molecule has 3 amide bonds. The molecule has 8 nitrogen and oxygen atoms in total. The number of nitrogens with zero attached hydrogens (tertiary/aromatic N) is 2. The zero-order valence-corrected chi connectivity index (χ0v) is 25.4. The van der Waals surface area contributed by atoms with E-state index in [1.54, 1.807) is 48.0 Å². The number of rotatable bonds is 7. The molecule has 5 rings (SSSR count). The molecule has 0 aliphatic carbocycles. The first kappa shape index (κ1) is 31.4. The number of amides is 3. The SMILES string of the molecule is CN[C@H](C)C(=O)N[C@H]1CN(C(=O)c2ccc(C(C)=O)cc2)c2ccccc2N(Cc2c(C)ccc3ccccc23)C1=O.Cl. The quantitative estimate of drug-likeness (QED) is 0.290. The first-order valence-electron chi connectivity index (χ1n) is 14.0. The van der Waals surface area contributed by atoms with Gasteiger partial charge in [0.15, 0.2) is 5.78 Å². The summed E-state index contributed by atoms with van der Waals surface area (Å²) in [5, 5.41) is 7.90. The van der Waals surface area contributed by atoms with Crippen molar-refractivity contribution in [1.29, 1.82) is 0 Å². The molecule has 4 aromatic rings. The van der Waals surface area contributed by atoms with Crippen molar-refractivity contribution >= 4 is 58.1 Å². The summed E-state index contributed by atoms with van der Waals surface area (Å²) in [6.45, 7) is 5.40. The largest absolute Gasteiger partial charge is 0.341 e. The fraction of sp³-hybridized carbons (Fsp3) is 0.235. The zero-order valence-electron chi connectivity index (χ0n) is 24.6. The van der Waals surface area contributed by atoms with Crippen LogP contribution >= 0.6 is 12.4 Å². The number of para-hydroxylation sites is 2. The Bertz CT molecular complexity index is 1690. The second kappa shape index (κ2) is 13.2. The average molecular weight is 599 g/mol. The van der Waals surface area contributed by atoms with Crippen molar-refractivity contribution in [2.75, 3.05) is 23.4 Å². The van der Waals surface area contributed by atoms with Crippen LogP contribution in [0.15, 0.2) is 84.9 Å². The Morgan fingerprint density at radius 1 is 0.884 bits per heavy atom. The highest BCUT2D eigenvalue weighted by Crippen LogP contribution is 2.36. The Morgan fingerprint density at radius 3 is 2.19 bits per heavy atom. The fourth-order valence-corrected chi connectivity index (χ4v) is 5.29. The van der Waals surface area contributed by atoms with Gasteiger partial charge in [0.05, 0.1) is 30.5 Å². The van der Waals surface area contributed by atoms with Crippen molar-refractivity contribution in [3.05, 3.63) is 107 Å². The summed E-state index contributed by atoms with van der Waals surface area (Å²) in [5.41, 5.74) is 4.02. The lowest BCUT2D eigenvalue weighted by Crippen LogP contribution is -2.55. The molecule has 0 aromatic heterocycles. The minimum atomic E-state index is -1.00. The number of hydrogen-bond acceptors (Lipinski definition) is 5. The minimum absolute atomic E-state index is 0. The molecule has 2 N–H and O–H groups in total. The molecule has 1 aliphatic heterocycles. The summed E-state index contributed by atoms with van der Waals surface area (Å²) in [7, 11) is 1.67. The Hall–Kier alpha value is -4.53. The van der Waals surface area contributed by atoms with Crippen LogP contribution in [-0.4, -0.2) is 49.2 Å². The van der Waals surface area contributed by atoms with E-state index >= 15 is 0 Å². The molecule has 2 atom stereocenters. The third-order valence-corrected chi connectivity index (χ3v) is 7.91. The van der Waals surface area contributed by atoms with Gasteiger partial charge in [-0.1, -0.05) is 60.7 Å². The molecular weight excluding hydrogens is 564 g/mol. The van der Waals surface area contributed by atoms with E-state index in [-0.39, 0.29) is 49.0 Å². The molecule has 0 saturated heterocycles. The van der Waals surface area contributed by atoms with Crippen LogP contribution in [0.25, 0.3) is 10.8 Å². The van der Waals surface area contributed by atoms with Crippen LogP contribution in [0.4, 0.5) is 11.4 Å². The number of carbonyl (C=O) groups excluding carboxylic acids is 4. The number of likely N-dealkylation sites (N-methyl/N-ethyl adjacent to an activating group) is 1. The molecule has 4 aromatic carbocycles. The number of Topliss-reactive ketones (excluding diaryl/α,β-unsaturated/α-hetero) is 1. The van der Waals surface area contributed by atoms with Crippen LogP contribution in [0.3, 0.4) is 0 Å². The number of nitrogens with one attached hydrogen (secondary N) is 2. The van der Waals surface area contributed by atoms with Gasteiger partial charge in [-0.3, -0.25) is 19.2 Å². The molecule has 0 saturated carbocycles. The van der Waals surface area contributed by atoms with E-state index in [1.165, 1.54) is 6.92 Å². The predicted molar refractivity (Wildman–Crippen MR) is 172 cm³/mol. The van der Waals surface area contributed by atoms with Crippen LogP contribution in [0, 0.1) is 6.92 Å². The van der Waals surface area contributed by atoms with E-state index in [0.717, 1.165) is 21.9 Å². The Kier molecular flexibility index (Phi) is 9.63. The highest BCUT2D eigenvalue weighted by atomic mass is 35.5. The molecule has 43 heavy (non-hydrogen) atoms. The van der Waals surface area contributed by atoms with Crippen molar-refractivity contribution in [3.63, 3.8) is 0 Å². The maximum atomic E-state index is 14.3. The summed E-state index contributed by atoms with van der Waals surface area (Å²) in [6, 6.07) is 24.4. The molecular formula is C34H35ClN4O4.